The third-order valence-electron chi connectivity index (χ3n) is 4.31. The summed E-state index contributed by atoms with van der Waals surface area (Å²) in [6.45, 7) is 3.29. The van der Waals surface area contributed by atoms with Gasteiger partial charge >= 0.3 is 6.18 Å². The first-order chi connectivity index (χ1) is 12.8. The second-order valence-electron chi connectivity index (χ2n) is 6.22. The van der Waals surface area contributed by atoms with Crippen molar-refractivity contribution in [1.29, 1.82) is 0 Å². The summed E-state index contributed by atoms with van der Waals surface area (Å²) in [6, 6.07) is 1.82. The Balaban J connectivity index is 1.88. The summed E-state index contributed by atoms with van der Waals surface area (Å²) in [5.74, 6) is -0.512. The van der Waals surface area contributed by atoms with Crippen molar-refractivity contribution in [1.82, 2.24) is 9.55 Å². The average Bonchev–Trinajstić information content (AvgIpc) is 3.04. The number of anilines is 1. The zero-order chi connectivity index (χ0) is 19.6. The fraction of sp³-hybridized carbons (Fsp3) is 0.389. The molecule has 0 aromatic carbocycles. The molecule has 2 aromatic rings. The summed E-state index contributed by atoms with van der Waals surface area (Å²) in [7, 11) is 0. The van der Waals surface area contributed by atoms with Crippen molar-refractivity contribution in [2.45, 2.75) is 38.4 Å². The zero-order valence-electron chi connectivity index (χ0n) is 14.5. The van der Waals surface area contributed by atoms with Crippen molar-refractivity contribution >= 4 is 22.4 Å². The Kier molecular flexibility index (Phi) is 5.50. The van der Waals surface area contributed by atoms with Crippen LogP contribution in [0.1, 0.15) is 29.0 Å². The van der Waals surface area contributed by atoms with Crippen LogP contribution in [0.3, 0.4) is 0 Å². The number of thiazole rings is 1. The molecule has 0 bridgehead atoms. The molecule has 3 rings (SSSR count). The molecule has 2 aromatic heterocycles. The maximum atomic E-state index is 12.9. The molecule has 0 radical (unpaired) electrons. The second kappa shape index (κ2) is 7.67. The highest BCUT2D eigenvalue weighted by Gasteiger charge is 2.34. The second-order valence-corrected chi connectivity index (χ2v) is 7.28. The Morgan fingerprint density at radius 1 is 1.37 bits per heavy atom. The summed E-state index contributed by atoms with van der Waals surface area (Å²) in [5.41, 5.74) is -1.56. The summed E-state index contributed by atoms with van der Waals surface area (Å²) in [5, 5.41) is 0.492. The van der Waals surface area contributed by atoms with E-state index in [1.165, 1.54) is 28.5 Å². The third kappa shape index (κ3) is 4.13. The molecule has 0 saturated heterocycles. The standard InChI is InChI=1S/C18H18F3N3O2S/c1-2-9-24(17-22-13-7-3-4-8-14(13)27-17)15(25)11-23-10-5-6-12(16(23)26)18(19,20)21/h2,5-6,10H,1,3-4,7-9,11H2. The SMILES string of the molecule is C=CCN(C(=O)Cn1cccc(C(F)(F)F)c1=O)c1nc2c(s1)CCCC2. The van der Waals surface area contributed by atoms with Crippen LogP contribution in [0.4, 0.5) is 18.3 Å². The van der Waals surface area contributed by atoms with Gasteiger partial charge in [0, 0.05) is 17.6 Å². The smallest absolute Gasteiger partial charge is 0.306 e. The van der Waals surface area contributed by atoms with Crippen molar-refractivity contribution in [2.24, 2.45) is 0 Å². The minimum Gasteiger partial charge on any atom is -0.306 e. The van der Waals surface area contributed by atoms with E-state index in [1.54, 1.807) is 0 Å². The fourth-order valence-electron chi connectivity index (χ4n) is 2.98. The van der Waals surface area contributed by atoms with Gasteiger partial charge in [-0.2, -0.15) is 13.2 Å². The van der Waals surface area contributed by atoms with Gasteiger partial charge in [0.2, 0.25) is 5.91 Å². The van der Waals surface area contributed by atoms with Crippen LogP contribution >= 0.6 is 11.3 Å². The molecule has 27 heavy (non-hydrogen) atoms. The zero-order valence-corrected chi connectivity index (χ0v) is 15.3. The first-order valence-corrected chi connectivity index (χ1v) is 9.29. The van der Waals surface area contributed by atoms with E-state index in [-0.39, 0.29) is 6.54 Å². The molecule has 0 unspecified atom stereocenters. The monoisotopic (exact) mass is 397 g/mol. The van der Waals surface area contributed by atoms with Gasteiger partial charge in [-0.05, 0) is 37.8 Å². The first-order valence-electron chi connectivity index (χ1n) is 8.47. The molecule has 0 atom stereocenters. The number of carbonyl (C=O) groups excluding carboxylic acids is 1. The van der Waals surface area contributed by atoms with Gasteiger partial charge in [-0.3, -0.25) is 14.5 Å². The number of nitrogens with zero attached hydrogens (tertiary/aromatic N) is 3. The molecule has 5 nitrogen and oxygen atoms in total. The van der Waals surface area contributed by atoms with E-state index in [2.05, 4.69) is 11.6 Å². The third-order valence-corrected chi connectivity index (χ3v) is 5.49. The normalized spacial score (nSPS) is 13.9. The van der Waals surface area contributed by atoms with Gasteiger partial charge < -0.3 is 4.57 Å². The summed E-state index contributed by atoms with van der Waals surface area (Å²) < 4.78 is 39.5. The Morgan fingerprint density at radius 2 is 2.11 bits per heavy atom. The van der Waals surface area contributed by atoms with Gasteiger partial charge in [0.05, 0.1) is 5.69 Å². The quantitative estimate of drug-likeness (QED) is 0.727. The Hall–Kier alpha value is -2.42. The van der Waals surface area contributed by atoms with E-state index >= 15 is 0 Å². The van der Waals surface area contributed by atoms with Gasteiger partial charge in [-0.15, -0.1) is 17.9 Å². The minimum absolute atomic E-state index is 0.166. The summed E-state index contributed by atoms with van der Waals surface area (Å²) in [4.78, 5) is 31.8. The summed E-state index contributed by atoms with van der Waals surface area (Å²) >= 11 is 1.41. The Bertz CT molecular complexity index is 894. The van der Waals surface area contributed by atoms with Crippen LogP contribution in [-0.4, -0.2) is 22.0 Å². The van der Waals surface area contributed by atoms with Crippen LogP contribution in [0.2, 0.25) is 0 Å². The number of alkyl halides is 3. The van der Waals surface area contributed by atoms with Crippen molar-refractivity contribution < 1.29 is 18.0 Å². The fourth-order valence-corrected chi connectivity index (χ4v) is 4.15. The lowest BCUT2D eigenvalue weighted by atomic mass is 10.0. The average molecular weight is 397 g/mol. The minimum atomic E-state index is -4.77. The molecule has 0 saturated carbocycles. The van der Waals surface area contributed by atoms with Crippen molar-refractivity contribution in [3.63, 3.8) is 0 Å². The van der Waals surface area contributed by atoms with Crippen LogP contribution < -0.4 is 10.5 Å². The molecule has 1 aliphatic rings. The van der Waals surface area contributed by atoms with Gasteiger partial charge in [0.1, 0.15) is 12.1 Å². The number of amides is 1. The van der Waals surface area contributed by atoms with Crippen LogP contribution in [0.5, 0.6) is 0 Å². The highest BCUT2D eigenvalue weighted by Crippen LogP contribution is 2.32. The van der Waals surface area contributed by atoms with Crippen LogP contribution in [0.25, 0.3) is 0 Å². The predicted molar refractivity (Wildman–Crippen MR) is 97.0 cm³/mol. The number of pyridine rings is 1. The highest BCUT2D eigenvalue weighted by atomic mass is 32.1. The molecular weight excluding hydrogens is 379 g/mol. The van der Waals surface area contributed by atoms with E-state index in [1.807, 2.05) is 0 Å². The topological polar surface area (TPSA) is 55.2 Å². The lowest BCUT2D eigenvalue weighted by Gasteiger charge is -2.19. The lowest BCUT2D eigenvalue weighted by molar-refractivity contribution is -0.139. The number of fused-ring (bicyclic) bond motifs is 1. The molecule has 0 fully saturated rings. The van der Waals surface area contributed by atoms with Gasteiger partial charge in [0.15, 0.2) is 5.13 Å². The number of aryl methyl sites for hydroxylation is 2. The predicted octanol–water partition coefficient (Wildman–Crippen LogP) is 3.42. The number of carbonyl (C=O) groups is 1. The number of hydrogen-bond acceptors (Lipinski definition) is 4. The van der Waals surface area contributed by atoms with Gasteiger partial charge in [-0.1, -0.05) is 6.08 Å². The highest BCUT2D eigenvalue weighted by molar-refractivity contribution is 7.16. The largest absolute Gasteiger partial charge is 0.421 e. The first kappa shape index (κ1) is 19.3. The molecule has 0 spiro atoms. The molecular formula is C18H18F3N3O2S. The van der Waals surface area contributed by atoms with E-state index in [0.29, 0.717) is 11.2 Å². The van der Waals surface area contributed by atoms with Crippen molar-refractivity contribution in [3.05, 3.63) is 57.5 Å². The van der Waals surface area contributed by atoms with E-state index < -0.39 is 29.8 Å². The van der Waals surface area contributed by atoms with Crippen LogP contribution in [0.15, 0.2) is 35.8 Å². The Labute approximate surface area is 157 Å². The van der Waals surface area contributed by atoms with Gasteiger partial charge in [-0.25, -0.2) is 4.98 Å². The molecule has 1 amide bonds. The summed E-state index contributed by atoms with van der Waals surface area (Å²) in [6.07, 6.45) is 1.82. The molecule has 1 aliphatic carbocycles. The molecule has 0 aliphatic heterocycles. The number of hydrogen-bond donors (Lipinski definition) is 0. The van der Waals surface area contributed by atoms with Crippen LogP contribution in [0, 0.1) is 0 Å². The van der Waals surface area contributed by atoms with E-state index in [9.17, 15) is 22.8 Å². The maximum Gasteiger partial charge on any atom is 0.421 e. The van der Waals surface area contributed by atoms with E-state index in [4.69, 9.17) is 0 Å². The molecule has 144 valence electrons. The molecule has 2 heterocycles. The number of halogens is 3. The molecule has 0 N–H and O–H groups in total. The van der Waals surface area contributed by atoms with Gasteiger partial charge in [0.25, 0.3) is 5.56 Å². The van der Waals surface area contributed by atoms with E-state index in [0.717, 1.165) is 46.9 Å². The van der Waals surface area contributed by atoms with Crippen molar-refractivity contribution in [2.75, 3.05) is 11.4 Å². The van der Waals surface area contributed by atoms with Crippen LogP contribution in [-0.2, 0) is 30.4 Å². The number of aromatic nitrogens is 2. The van der Waals surface area contributed by atoms with Crippen molar-refractivity contribution in [3.8, 4) is 0 Å². The lowest BCUT2D eigenvalue weighted by Crippen LogP contribution is -2.38. The molecule has 9 heteroatoms. The number of rotatable bonds is 5. The maximum absolute atomic E-state index is 12.9. The Morgan fingerprint density at radius 3 is 2.78 bits per heavy atom.